The van der Waals surface area contributed by atoms with Crippen molar-refractivity contribution < 1.29 is 4.74 Å². The average Bonchev–Trinajstić information content (AvgIpc) is 3.04. The van der Waals surface area contributed by atoms with E-state index in [1.165, 1.54) is 0 Å². The number of hydrogen-bond donors (Lipinski definition) is 0. The molecule has 0 saturated carbocycles. The van der Waals surface area contributed by atoms with Crippen molar-refractivity contribution in [2.75, 3.05) is 0 Å². The minimum atomic E-state index is 0.302. The predicted molar refractivity (Wildman–Crippen MR) is 117 cm³/mol. The van der Waals surface area contributed by atoms with Crippen LogP contribution < -0.4 is 4.74 Å². The van der Waals surface area contributed by atoms with E-state index < -0.39 is 0 Å². The Bertz CT molecular complexity index is 991. The molecule has 0 aliphatic carbocycles. The molecule has 0 atom stereocenters. The lowest BCUT2D eigenvalue weighted by atomic mass is 10.2. The summed E-state index contributed by atoms with van der Waals surface area (Å²) in [5.41, 5.74) is 2.03. The van der Waals surface area contributed by atoms with E-state index in [9.17, 15) is 0 Å². The summed E-state index contributed by atoms with van der Waals surface area (Å²) in [6, 6.07) is 11.1. The van der Waals surface area contributed by atoms with E-state index in [2.05, 4.69) is 16.8 Å². The Labute approximate surface area is 183 Å². The second-order valence-electron chi connectivity index (χ2n) is 6.03. The fourth-order valence-electron chi connectivity index (χ4n) is 2.54. The van der Waals surface area contributed by atoms with Gasteiger partial charge in [-0.1, -0.05) is 58.7 Å². The number of benzene rings is 2. The number of hydrogen-bond acceptors (Lipinski definition) is 4. The molecule has 0 aliphatic heterocycles. The first kappa shape index (κ1) is 21.1. The molecule has 2 aromatic carbocycles. The maximum atomic E-state index is 6.09. The number of ether oxygens (including phenoxy) is 1. The normalized spacial score (nSPS) is 10.9. The molecule has 8 heteroatoms. The van der Waals surface area contributed by atoms with Crippen molar-refractivity contribution in [3.8, 4) is 5.75 Å². The van der Waals surface area contributed by atoms with Crippen molar-refractivity contribution in [1.82, 2.24) is 14.8 Å². The molecule has 146 valence electrons. The molecule has 1 aromatic heterocycles. The number of halogens is 3. The first-order chi connectivity index (χ1) is 13.5. The molecule has 28 heavy (non-hydrogen) atoms. The minimum absolute atomic E-state index is 0.302. The van der Waals surface area contributed by atoms with Crippen molar-refractivity contribution in [3.05, 3.63) is 81.1 Å². The number of rotatable bonds is 8. The van der Waals surface area contributed by atoms with Crippen LogP contribution in [-0.2, 0) is 18.9 Å². The Kier molecular flexibility index (Phi) is 7.30. The highest BCUT2D eigenvalue weighted by atomic mass is 35.5. The smallest absolute Gasteiger partial charge is 0.191 e. The Balaban J connectivity index is 1.71. The van der Waals surface area contributed by atoms with Gasteiger partial charge in [-0.25, -0.2) is 0 Å². The number of aromatic nitrogens is 3. The minimum Gasteiger partial charge on any atom is -0.485 e. The molecule has 0 unspecified atom stereocenters. The third-order valence-electron chi connectivity index (χ3n) is 3.95. The topological polar surface area (TPSA) is 39.9 Å². The third-order valence-corrected chi connectivity index (χ3v) is 5.96. The standard InChI is InChI=1S/C20H18Cl3N3OS/c1-3-8-26-19(11-27-18-7-5-15(21)9-13(18)2)24-25-20(26)28-12-14-4-6-16(22)17(23)10-14/h3-7,9-10H,1,8,11-12H2,2H3. The van der Waals surface area contributed by atoms with Crippen LogP contribution in [0, 0.1) is 6.92 Å². The summed E-state index contributed by atoms with van der Waals surface area (Å²) in [6.07, 6.45) is 1.81. The van der Waals surface area contributed by atoms with E-state index in [0.29, 0.717) is 34.0 Å². The molecule has 0 aliphatic rings. The summed E-state index contributed by atoms with van der Waals surface area (Å²) in [6.45, 7) is 6.67. The van der Waals surface area contributed by atoms with E-state index in [1.807, 2.05) is 41.8 Å². The maximum absolute atomic E-state index is 6.09. The lowest BCUT2D eigenvalue weighted by molar-refractivity contribution is 0.287. The van der Waals surface area contributed by atoms with Crippen LogP contribution in [0.25, 0.3) is 0 Å². The number of thioether (sulfide) groups is 1. The molecule has 1 heterocycles. The fraction of sp³-hybridized carbons (Fsp3) is 0.200. The average molecular weight is 455 g/mol. The Morgan fingerprint density at radius 1 is 1.11 bits per heavy atom. The number of allylic oxidation sites excluding steroid dienone is 1. The Morgan fingerprint density at radius 3 is 2.64 bits per heavy atom. The molecule has 0 N–H and O–H groups in total. The fourth-order valence-corrected chi connectivity index (χ4v) is 4.00. The second-order valence-corrected chi connectivity index (χ2v) is 8.23. The van der Waals surface area contributed by atoms with Gasteiger partial charge in [0.2, 0.25) is 0 Å². The molecule has 4 nitrogen and oxygen atoms in total. The zero-order valence-corrected chi connectivity index (χ0v) is 18.2. The van der Waals surface area contributed by atoms with Crippen molar-refractivity contribution >= 4 is 46.6 Å². The van der Waals surface area contributed by atoms with E-state index >= 15 is 0 Å². The lowest BCUT2D eigenvalue weighted by Gasteiger charge is -2.11. The van der Waals surface area contributed by atoms with Gasteiger partial charge in [0.1, 0.15) is 12.4 Å². The van der Waals surface area contributed by atoms with Gasteiger partial charge in [-0.15, -0.1) is 16.8 Å². The first-order valence-electron chi connectivity index (χ1n) is 8.46. The highest BCUT2D eigenvalue weighted by Gasteiger charge is 2.13. The van der Waals surface area contributed by atoms with Gasteiger partial charge in [0.05, 0.1) is 10.0 Å². The van der Waals surface area contributed by atoms with E-state index in [1.54, 1.807) is 23.9 Å². The van der Waals surface area contributed by atoms with Gasteiger partial charge in [0.25, 0.3) is 0 Å². The van der Waals surface area contributed by atoms with Crippen molar-refractivity contribution in [1.29, 1.82) is 0 Å². The van der Waals surface area contributed by atoms with Crippen molar-refractivity contribution in [2.24, 2.45) is 0 Å². The van der Waals surface area contributed by atoms with Crippen LogP contribution in [0.15, 0.2) is 54.2 Å². The number of aryl methyl sites for hydroxylation is 1. The maximum Gasteiger partial charge on any atom is 0.191 e. The second kappa shape index (κ2) is 9.70. The summed E-state index contributed by atoms with van der Waals surface area (Å²) in [5, 5.41) is 11.1. The van der Waals surface area contributed by atoms with Gasteiger partial charge in [0, 0.05) is 17.3 Å². The summed E-state index contributed by atoms with van der Waals surface area (Å²) >= 11 is 19.6. The molecule has 3 rings (SSSR count). The van der Waals surface area contributed by atoms with Gasteiger partial charge in [-0.2, -0.15) is 0 Å². The van der Waals surface area contributed by atoms with Crippen LogP contribution in [0.2, 0.25) is 15.1 Å². The molecule has 0 radical (unpaired) electrons. The number of nitrogens with zero attached hydrogens (tertiary/aromatic N) is 3. The summed E-state index contributed by atoms with van der Waals surface area (Å²) in [4.78, 5) is 0. The van der Waals surface area contributed by atoms with Gasteiger partial charge >= 0.3 is 0 Å². The van der Waals surface area contributed by atoms with Crippen molar-refractivity contribution in [3.63, 3.8) is 0 Å². The third kappa shape index (κ3) is 5.23. The molecule has 0 spiro atoms. The highest BCUT2D eigenvalue weighted by molar-refractivity contribution is 7.98. The predicted octanol–water partition coefficient (Wildman–Crippen LogP) is 6.60. The summed E-state index contributed by atoms with van der Waals surface area (Å²) < 4.78 is 7.90. The quantitative estimate of drug-likeness (QED) is 0.284. The molecule has 0 fully saturated rings. The van der Waals surface area contributed by atoms with Gasteiger partial charge < -0.3 is 4.74 Å². The van der Waals surface area contributed by atoms with Gasteiger partial charge in [0.15, 0.2) is 11.0 Å². The van der Waals surface area contributed by atoms with Gasteiger partial charge in [-0.3, -0.25) is 4.57 Å². The van der Waals surface area contributed by atoms with Crippen LogP contribution in [0.4, 0.5) is 0 Å². The van der Waals surface area contributed by atoms with E-state index in [0.717, 1.165) is 27.9 Å². The van der Waals surface area contributed by atoms with Gasteiger partial charge in [-0.05, 0) is 48.4 Å². The molecule has 3 aromatic rings. The van der Waals surface area contributed by atoms with Crippen LogP contribution in [0.1, 0.15) is 17.0 Å². The monoisotopic (exact) mass is 453 g/mol. The largest absolute Gasteiger partial charge is 0.485 e. The first-order valence-corrected chi connectivity index (χ1v) is 10.6. The zero-order valence-electron chi connectivity index (χ0n) is 15.2. The highest BCUT2D eigenvalue weighted by Crippen LogP contribution is 2.28. The van der Waals surface area contributed by atoms with Crippen LogP contribution in [0.3, 0.4) is 0 Å². The van der Waals surface area contributed by atoms with E-state index in [-0.39, 0.29) is 0 Å². The Hall–Kier alpha value is -1.66. The zero-order chi connectivity index (χ0) is 20.1. The molecule has 0 amide bonds. The van der Waals surface area contributed by atoms with Crippen LogP contribution in [0.5, 0.6) is 5.75 Å². The summed E-state index contributed by atoms with van der Waals surface area (Å²) in [5.74, 6) is 2.19. The SMILES string of the molecule is C=CCn1c(COc2ccc(Cl)cc2C)nnc1SCc1ccc(Cl)c(Cl)c1. The van der Waals surface area contributed by atoms with Crippen LogP contribution >= 0.6 is 46.6 Å². The Morgan fingerprint density at radius 2 is 1.93 bits per heavy atom. The molecule has 0 bridgehead atoms. The van der Waals surface area contributed by atoms with E-state index in [4.69, 9.17) is 39.5 Å². The molecular weight excluding hydrogens is 437 g/mol. The molecule has 0 saturated heterocycles. The van der Waals surface area contributed by atoms with Crippen LogP contribution in [-0.4, -0.2) is 14.8 Å². The summed E-state index contributed by atoms with van der Waals surface area (Å²) in [7, 11) is 0. The lowest BCUT2D eigenvalue weighted by Crippen LogP contribution is -2.08. The van der Waals surface area contributed by atoms with Crippen molar-refractivity contribution in [2.45, 2.75) is 31.0 Å². The molecular formula is C20H18Cl3N3OS.